The molecule has 2 heterocycles. The van der Waals surface area contributed by atoms with Crippen molar-refractivity contribution in [2.24, 2.45) is 0 Å². The van der Waals surface area contributed by atoms with Crippen LogP contribution in [0.5, 0.6) is 0 Å². The standard InChI is InChI=1S/C48H22F4N4O2S6/c1-59-47(60-2)41-23-9-30-24(10-29(23)45-33(41)7-21(63-45)5-31-39(19(15-53)16-54)25-11-35(49)37(51)13-27(25)43(31)57)42(48(61-3)62-4)34-8-22(64-46(30)34)6-32-40(20(17-55)18-56)26-12-36(50)38(52)14-28(26)44(32)58/h5-14H,1-4H3/b31-5-,32-6-. The van der Waals surface area contributed by atoms with Crippen LogP contribution in [0.1, 0.15) is 63.9 Å². The number of carbonyl (C=O) groups excluding carboxylic acids is 2. The van der Waals surface area contributed by atoms with Crippen LogP contribution in [0.3, 0.4) is 0 Å². The second kappa shape index (κ2) is 16.5. The summed E-state index contributed by atoms with van der Waals surface area (Å²) in [5, 5.41) is 39.4. The Bertz CT molecular complexity index is 3190. The number of rotatable bonds is 6. The van der Waals surface area contributed by atoms with E-state index in [4.69, 9.17) is 0 Å². The van der Waals surface area contributed by atoms with Gasteiger partial charge in [0.05, 0.1) is 0 Å². The molecule has 4 aliphatic rings. The Morgan fingerprint density at radius 3 is 1.08 bits per heavy atom. The van der Waals surface area contributed by atoms with E-state index >= 15 is 0 Å². The second-order valence-corrected chi connectivity index (χ2v) is 20.2. The van der Waals surface area contributed by atoms with Crippen molar-refractivity contribution in [2.45, 2.75) is 0 Å². The number of halogens is 4. The molecule has 0 unspecified atom stereocenters. The minimum atomic E-state index is -1.22. The number of Topliss-reactive ketones (excluding diaryl/α,β-unsaturated/α-hetero) is 2. The summed E-state index contributed by atoms with van der Waals surface area (Å²) in [6.45, 7) is 0. The van der Waals surface area contributed by atoms with Crippen LogP contribution in [0.15, 0.2) is 79.3 Å². The number of ketones is 2. The highest BCUT2D eigenvalue weighted by molar-refractivity contribution is 8.22. The fourth-order valence-corrected chi connectivity index (χ4v) is 13.8. The minimum Gasteiger partial charge on any atom is -0.289 e. The molecule has 0 saturated heterocycles. The van der Waals surface area contributed by atoms with E-state index < -0.39 is 46.0 Å². The van der Waals surface area contributed by atoms with Gasteiger partial charge in [-0.3, -0.25) is 9.59 Å². The van der Waals surface area contributed by atoms with Crippen molar-refractivity contribution >= 4 is 116 Å². The summed E-state index contributed by atoms with van der Waals surface area (Å²) in [5.41, 5.74) is 6.27. The van der Waals surface area contributed by atoms with Crippen LogP contribution in [0, 0.1) is 68.6 Å². The Morgan fingerprint density at radius 1 is 0.453 bits per heavy atom. The van der Waals surface area contributed by atoms with Gasteiger partial charge >= 0.3 is 0 Å². The summed E-state index contributed by atoms with van der Waals surface area (Å²) in [6.07, 6.45) is 11.1. The van der Waals surface area contributed by atoms with Gasteiger partial charge in [0.2, 0.25) is 0 Å². The number of hydrogen-bond donors (Lipinski definition) is 0. The van der Waals surface area contributed by atoms with Crippen LogP contribution in [-0.4, -0.2) is 36.6 Å². The predicted molar refractivity (Wildman–Crippen MR) is 253 cm³/mol. The summed E-state index contributed by atoms with van der Waals surface area (Å²) in [5.74, 6) is -6.12. The first-order chi connectivity index (χ1) is 30.9. The fourth-order valence-electron chi connectivity index (χ4n) is 8.49. The SMILES string of the molecule is CSC(SC)=C1c2cc3c(cc2-c2sc(/C=C4\C(=O)c5cc(F)c(F)cc5C4=C(C#N)C#N)cc21)C(=C(SC)SC)c1cc(/C=C2\C(=O)c4cc(F)c(F)cc4C2=C(C#N)C#N)sc1-3. The second-order valence-electron chi connectivity index (χ2n) is 14.2. The Labute approximate surface area is 388 Å². The van der Waals surface area contributed by atoms with Crippen molar-refractivity contribution < 1.29 is 27.2 Å². The van der Waals surface area contributed by atoms with E-state index in [-0.39, 0.29) is 44.5 Å². The van der Waals surface area contributed by atoms with Gasteiger partial charge in [-0.2, -0.15) is 21.0 Å². The Balaban J connectivity index is 1.22. The van der Waals surface area contributed by atoms with Gasteiger partial charge in [-0.25, -0.2) is 17.6 Å². The highest BCUT2D eigenvalue weighted by Gasteiger charge is 2.39. The lowest BCUT2D eigenvalue weighted by Gasteiger charge is -2.13. The molecule has 5 aromatic rings. The number of nitrogens with zero attached hydrogens (tertiary/aromatic N) is 4. The molecule has 64 heavy (non-hydrogen) atoms. The average Bonchev–Trinajstić information content (AvgIpc) is 4.11. The average molecular weight is 955 g/mol. The molecule has 0 fully saturated rings. The molecule has 0 spiro atoms. The summed E-state index contributed by atoms with van der Waals surface area (Å²) in [6, 6.07) is 18.7. The van der Waals surface area contributed by atoms with Gasteiger partial charge in [-0.05, 0) is 108 Å². The number of benzene rings is 3. The zero-order chi connectivity index (χ0) is 45.5. The monoisotopic (exact) mass is 954 g/mol. The number of thioether (sulfide) groups is 4. The van der Waals surface area contributed by atoms with Gasteiger partial charge in [0.1, 0.15) is 35.4 Å². The Kier molecular flexibility index (Phi) is 11.1. The molecule has 0 N–H and O–H groups in total. The Morgan fingerprint density at radius 2 is 0.766 bits per heavy atom. The van der Waals surface area contributed by atoms with Crippen LogP contribution in [0.4, 0.5) is 17.6 Å². The number of nitriles is 4. The van der Waals surface area contributed by atoms with Crippen molar-refractivity contribution in [2.75, 3.05) is 25.0 Å². The third-order valence-electron chi connectivity index (χ3n) is 11.1. The van der Waals surface area contributed by atoms with Crippen LogP contribution in [0.25, 0.3) is 55.3 Å². The zero-order valence-electron chi connectivity index (χ0n) is 33.3. The van der Waals surface area contributed by atoms with Crippen molar-refractivity contribution in [1.29, 1.82) is 21.0 Å². The molecule has 0 radical (unpaired) electrons. The summed E-state index contributed by atoms with van der Waals surface area (Å²) in [4.78, 5) is 30.7. The number of carbonyl (C=O) groups is 2. The maximum absolute atomic E-state index is 14.5. The van der Waals surface area contributed by atoms with Crippen molar-refractivity contribution in [3.05, 3.63) is 157 Å². The molecular formula is C48H22F4N4O2S6. The lowest BCUT2D eigenvalue weighted by Crippen LogP contribution is -1.97. The molecule has 0 amide bonds. The van der Waals surface area contributed by atoms with Gasteiger partial charge in [0.15, 0.2) is 34.8 Å². The smallest absolute Gasteiger partial charge is 0.194 e. The molecule has 0 bridgehead atoms. The summed E-state index contributed by atoms with van der Waals surface area (Å²) < 4.78 is 59.8. The first-order valence-electron chi connectivity index (χ1n) is 18.6. The molecule has 6 nitrogen and oxygen atoms in total. The third kappa shape index (κ3) is 6.43. The molecule has 9 rings (SSSR count). The fraction of sp³-hybridized carbons (Fsp3) is 0.0833. The topological polar surface area (TPSA) is 129 Å². The summed E-state index contributed by atoms with van der Waals surface area (Å²) >= 11 is 9.11. The summed E-state index contributed by atoms with van der Waals surface area (Å²) in [7, 11) is 0. The zero-order valence-corrected chi connectivity index (χ0v) is 38.2. The highest BCUT2D eigenvalue weighted by Crippen LogP contribution is 2.60. The molecule has 3 aromatic carbocycles. The van der Waals surface area contributed by atoms with E-state index in [1.807, 2.05) is 61.4 Å². The van der Waals surface area contributed by atoms with Gasteiger partial charge in [-0.15, -0.1) is 69.7 Å². The molecule has 0 aliphatic heterocycles. The van der Waals surface area contributed by atoms with E-state index in [2.05, 4.69) is 12.1 Å². The van der Waals surface area contributed by atoms with Crippen molar-refractivity contribution in [1.82, 2.24) is 0 Å². The largest absolute Gasteiger partial charge is 0.289 e. The molecule has 2 aromatic heterocycles. The number of hydrogen-bond acceptors (Lipinski definition) is 12. The van der Waals surface area contributed by atoms with Gasteiger partial charge in [0.25, 0.3) is 0 Å². The number of fused-ring (bicyclic) bond motifs is 8. The lowest BCUT2D eigenvalue weighted by atomic mass is 9.98. The quantitative estimate of drug-likeness (QED) is 0.0902. The first-order valence-corrected chi connectivity index (χ1v) is 25.1. The minimum absolute atomic E-state index is 0.0145. The van der Waals surface area contributed by atoms with E-state index in [0.29, 0.717) is 9.75 Å². The molecule has 4 aliphatic carbocycles. The highest BCUT2D eigenvalue weighted by atomic mass is 32.2. The first kappa shape index (κ1) is 43.2. The van der Waals surface area contributed by atoms with Gasteiger partial charge in [-0.1, -0.05) is 0 Å². The van der Waals surface area contributed by atoms with Crippen LogP contribution in [0.2, 0.25) is 0 Å². The normalized spacial score (nSPS) is 15.1. The molecule has 310 valence electrons. The molecule has 0 atom stereocenters. The van der Waals surface area contributed by atoms with Crippen LogP contribution in [-0.2, 0) is 0 Å². The van der Waals surface area contributed by atoms with Crippen molar-refractivity contribution in [3.8, 4) is 45.2 Å². The Hall–Kier alpha value is -6.08. The predicted octanol–water partition coefficient (Wildman–Crippen LogP) is 13.4. The van der Waals surface area contributed by atoms with E-state index in [1.54, 1.807) is 59.2 Å². The van der Waals surface area contributed by atoms with Crippen LogP contribution >= 0.6 is 69.7 Å². The van der Waals surface area contributed by atoms with E-state index in [1.165, 1.54) is 22.7 Å². The molecule has 16 heteroatoms. The van der Waals surface area contributed by atoms with Gasteiger partial charge in [0, 0.05) is 94.8 Å². The van der Waals surface area contributed by atoms with E-state index in [9.17, 15) is 48.2 Å². The lowest BCUT2D eigenvalue weighted by molar-refractivity contribution is 0.103. The van der Waals surface area contributed by atoms with E-state index in [0.717, 1.165) is 87.0 Å². The third-order valence-corrected chi connectivity index (χ3v) is 17.6. The van der Waals surface area contributed by atoms with Gasteiger partial charge < -0.3 is 0 Å². The van der Waals surface area contributed by atoms with Crippen LogP contribution < -0.4 is 0 Å². The maximum Gasteiger partial charge on any atom is 0.194 e. The van der Waals surface area contributed by atoms with Crippen molar-refractivity contribution in [3.63, 3.8) is 0 Å². The molecular weight excluding hydrogens is 933 g/mol. The number of allylic oxidation sites excluding steroid dienone is 6. The number of thiophene rings is 2. The molecule has 0 saturated carbocycles. The maximum atomic E-state index is 14.5.